The van der Waals surface area contributed by atoms with Gasteiger partial charge in [0.25, 0.3) is 5.91 Å². The molecule has 0 bridgehead atoms. The second-order valence-corrected chi connectivity index (χ2v) is 2.91. The van der Waals surface area contributed by atoms with Crippen LogP contribution in [0.25, 0.3) is 0 Å². The molecule has 1 aliphatic rings. The number of hydrogen-bond donors (Lipinski definition) is 2. The first-order valence-electron chi connectivity index (χ1n) is 3.99. The quantitative estimate of drug-likeness (QED) is 0.504. The van der Waals surface area contributed by atoms with E-state index in [-0.39, 0.29) is 17.3 Å². The van der Waals surface area contributed by atoms with Crippen LogP contribution in [-0.2, 0) is 9.53 Å². The first-order chi connectivity index (χ1) is 6.68. The van der Waals surface area contributed by atoms with Crippen molar-refractivity contribution in [3.05, 3.63) is 23.8 Å². The number of carbonyl (C=O) groups is 1. The van der Waals surface area contributed by atoms with E-state index in [1.165, 1.54) is 12.1 Å². The van der Waals surface area contributed by atoms with Crippen molar-refractivity contribution in [3.63, 3.8) is 0 Å². The van der Waals surface area contributed by atoms with Crippen LogP contribution < -0.4 is 5.73 Å². The zero-order chi connectivity index (χ0) is 10.1. The Bertz CT molecular complexity index is 415. The van der Waals surface area contributed by atoms with Gasteiger partial charge in [0.2, 0.25) is 6.10 Å². The van der Waals surface area contributed by atoms with Crippen molar-refractivity contribution in [3.8, 4) is 5.75 Å². The van der Waals surface area contributed by atoms with Gasteiger partial charge in [-0.25, -0.2) is 0 Å². The van der Waals surface area contributed by atoms with Crippen LogP contribution in [0.2, 0.25) is 0 Å². The first-order valence-corrected chi connectivity index (χ1v) is 3.99. The van der Waals surface area contributed by atoms with E-state index < -0.39 is 6.10 Å². The monoisotopic (exact) mass is 192 g/mol. The lowest BCUT2D eigenvalue weighted by atomic mass is 10.1. The van der Waals surface area contributed by atoms with Crippen LogP contribution in [0.15, 0.2) is 23.2 Å². The third kappa shape index (κ3) is 1.28. The number of nitrogens with zero attached hydrogens (tertiary/aromatic N) is 1. The summed E-state index contributed by atoms with van der Waals surface area (Å²) in [4.78, 5) is 14.6. The highest BCUT2D eigenvalue weighted by Crippen LogP contribution is 2.27. The number of rotatable bonds is 1. The minimum atomic E-state index is -0.724. The van der Waals surface area contributed by atoms with Gasteiger partial charge in [0.15, 0.2) is 6.40 Å². The van der Waals surface area contributed by atoms with E-state index in [1.807, 2.05) is 0 Å². The number of aliphatic imine (C=N–C) groups is 1. The molecule has 5 heteroatoms. The Balaban J connectivity index is 2.34. The largest absolute Gasteiger partial charge is 0.506 e. The summed E-state index contributed by atoms with van der Waals surface area (Å²) in [7, 11) is 0. The zero-order valence-electron chi connectivity index (χ0n) is 7.18. The number of phenols is 1. The molecule has 1 aliphatic heterocycles. The molecule has 0 fully saturated rings. The molecule has 14 heavy (non-hydrogen) atoms. The molecule has 1 aromatic rings. The number of anilines is 1. The summed E-state index contributed by atoms with van der Waals surface area (Å²) in [5.41, 5.74) is 6.28. The highest BCUT2D eigenvalue weighted by atomic mass is 16.5. The Kier molecular flexibility index (Phi) is 1.85. The maximum Gasteiger partial charge on any atom is 0.294 e. The van der Waals surface area contributed by atoms with Crippen LogP contribution in [0.5, 0.6) is 5.75 Å². The molecule has 0 saturated heterocycles. The molecule has 5 nitrogen and oxygen atoms in total. The van der Waals surface area contributed by atoms with Crippen molar-refractivity contribution >= 4 is 18.0 Å². The lowest BCUT2D eigenvalue weighted by molar-refractivity contribution is -0.122. The van der Waals surface area contributed by atoms with Gasteiger partial charge in [0.05, 0.1) is 5.69 Å². The molecule has 1 unspecified atom stereocenters. The summed E-state index contributed by atoms with van der Waals surface area (Å²) in [5, 5.41) is 9.17. The number of ether oxygens (including phenoxy) is 1. The molecular weight excluding hydrogens is 184 g/mol. The summed E-state index contributed by atoms with van der Waals surface area (Å²) >= 11 is 0. The second-order valence-electron chi connectivity index (χ2n) is 2.91. The predicted octanol–water partition coefficient (Wildman–Crippen LogP) is 0.601. The van der Waals surface area contributed by atoms with Crippen molar-refractivity contribution < 1.29 is 14.6 Å². The molecule has 0 aliphatic carbocycles. The lowest BCUT2D eigenvalue weighted by Gasteiger charge is -2.08. The van der Waals surface area contributed by atoms with Crippen molar-refractivity contribution in [2.75, 3.05) is 5.73 Å². The molecule has 3 N–H and O–H groups in total. The lowest BCUT2D eigenvalue weighted by Crippen LogP contribution is -2.06. The van der Waals surface area contributed by atoms with E-state index in [0.717, 1.165) is 6.40 Å². The summed E-state index contributed by atoms with van der Waals surface area (Å²) in [6.45, 7) is 0. The van der Waals surface area contributed by atoms with Crippen LogP contribution in [0, 0.1) is 0 Å². The molecular formula is C9H8N2O3. The molecule has 1 aromatic carbocycles. The van der Waals surface area contributed by atoms with Gasteiger partial charge in [-0.1, -0.05) is 6.07 Å². The topological polar surface area (TPSA) is 84.9 Å². The maximum atomic E-state index is 11.1. The summed E-state index contributed by atoms with van der Waals surface area (Å²) in [6.07, 6.45) is 0.383. The Hall–Kier alpha value is -2.04. The third-order valence-corrected chi connectivity index (χ3v) is 1.96. The molecule has 2 rings (SSSR count). The molecule has 1 amide bonds. The molecule has 0 aromatic heterocycles. The van der Waals surface area contributed by atoms with Gasteiger partial charge in [0, 0.05) is 5.56 Å². The number of benzene rings is 1. The average molecular weight is 192 g/mol. The molecule has 1 atom stereocenters. The van der Waals surface area contributed by atoms with Crippen molar-refractivity contribution in [1.29, 1.82) is 0 Å². The number of nitrogen functional groups attached to an aromatic ring is 1. The molecule has 0 saturated carbocycles. The summed E-state index contributed by atoms with van der Waals surface area (Å²) < 4.78 is 4.97. The van der Waals surface area contributed by atoms with Gasteiger partial charge < -0.3 is 15.6 Å². The second kappa shape index (κ2) is 3.02. The molecule has 72 valence electrons. The molecule has 1 heterocycles. The van der Waals surface area contributed by atoms with E-state index in [0.29, 0.717) is 5.56 Å². The number of hydrogen-bond acceptors (Lipinski definition) is 4. The number of phenolic OH excluding ortho intramolecular Hbond substituents is 1. The van der Waals surface area contributed by atoms with Crippen LogP contribution in [-0.4, -0.2) is 17.4 Å². The smallest absolute Gasteiger partial charge is 0.294 e. The van der Waals surface area contributed by atoms with E-state index >= 15 is 0 Å². The SMILES string of the molecule is Nc1cc(C2OC=NC2=O)ccc1O. The van der Waals surface area contributed by atoms with Crippen LogP contribution >= 0.6 is 0 Å². The fourth-order valence-electron chi connectivity index (χ4n) is 1.23. The predicted molar refractivity (Wildman–Crippen MR) is 49.8 cm³/mol. The molecule has 0 spiro atoms. The number of carbonyl (C=O) groups excluding carboxylic acids is 1. The van der Waals surface area contributed by atoms with Gasteiger partial charge >= 0.3 is 0 Å². The van der Waals surface area contributed by atoms with Gasteiger partial charge in [-0.05, 0) is 12.1 Å². The summed E-state index contributed by atoms with van der Waals surface area (Å²) in [6, 6.07) is 4.48. The van der Waals surface area contributed by atoms with Crippen molar-refractivity contribution in [2.45, 2.75) is 6.10 Å². The maximum absolute atomic E-state index is 11.1. The van der Waals surface area contributed by atoms with Gasteiger partial charge in [0.1, 0.15) is 5.75 Å². The van der Waals surface area contributed by atoms with E-state index in [2.05, 4.69) is 4.99 Å². The Morgan fingerprint density at radius 2 is 2.29 bits per heavy atom. The number of amides is 1. The van der Waals surface area contributed by atoms with Gasteiger partial charge in [-0.3, -0.25) is 4.79 Å². The number of nitrogens with two attached hydrogens (primary N) is 1. The van der Waals surface area contributed by atoms with Crippen LogP contribution in [0.1, 0.15) is 11.7 Å². The van der Waals surface area contributed by atoms with E-state index in [9.17, 15) is 9.90 Å². The summed E-state index contributed by atoms with van der Waals surface area (Å²) in [5.74, 6) is -0.379. The Labute approximate surface area is 79.8 Å². The highest BCUT2D eigenvalue weighted by molar-refractivity contribution is 5.92. The third-order valence-electron chi connectivity index (χ3n) is 1.96. The fourth-order valence-corrected chi connectivity index (χ4v) is 1.23. The number of aromatic hydroxyl groups is 1. The minimum Gasteiger partial charge on any atom is -0.506 e. The first kappa shape index (κ1) is 8.55. The van der Waals surface area contributed by atoms with Gasteiger partial charge in [-0.2, -0.15) is 4.99 Å². The van der Waals surface area contributed by atoms with Crippen molar-refractivity contribution in [1.82, 2.24) is 0 Å². The van der Waals surface area contributed by atoms with E-state index in [4.69, 9.17) is 10.5 Å². The average Bonchev–Trinajstić information content (AvgIpc) is 2.57. The van der Waals surface area contributed by atoms with Crippen LogP contribution in [0.3, 0.4) is 0 Å². The Morgan fingerprint density at radius 1 is 1.50 bits per heavy atom. The molecule has 0 radical (unpaired) electrons. The fraction of sp³-hybridized carbons (Fsp3) is 0.111. The van der Waals surface area contributed by atoms with Gasteiger partial charge in [-0.15, -0.1) is 0 Å². The highest BCUT2D eigenvalue weighted by Gasteiger charge is 2.25. The zero-order valence-corrected chi connectivity index (χ0v) is 7.18. The van der Waals surface area contributed by atoms with E-state index in [1.54, 1.807) is 6.07 Å². The van der Waals surface area contributed by atoms with Crippen molar-refractivity contribution in [2.24, 2.45) is 4.99 Å². The minimum absolute atomic E-state index is 0.0138. The van der Waals surface area contributed by atoms with Crippen LogP contribution in [0.4, 0.5) is 5.69 Å². The standard InChI is InChI=1S/C9H8N2O3/c10-6-3-5(1-2-7(6)12)8-9(13)11-4-14-8/h1-4,8,12H,10H2. The Morgan fingerprint density at radius 3 is 2.86 bits per heavy atom. The normalized spacial score (nSPS) is 19.7.